The van der Waals surface area contributed by atoms with Crippen molar-refractivity contribution in [3.63, 3.8) is 0 Å². The van der Waals surface area contributed by atoms with Gasteiger partial charge in [0.1, 0.15) is 10.6 Å². The number of benzene rings is 1. The summed E-state index contributed by atoms with van der Waals surface area (Å²) in [6.45, 7) is 8.80. The Morgan fingerprint density at radius 1 is 1.05 bits per heavy atom. The van der Waals surface area contributed by atoms with Crippen molar-refractivity contribution in [2.24, 2.45) is 16.8 Å². The maximum atomic E-state index is 14.0. The molecule has 0 bridgehead atoms. The van der Waals surface area contributed by atoms with Crippen LogP contribution in [0.5, 0.6) is 5.75 Å². The van der Waals surface area contributed by atoms with Crippen LogP contribution in [0.1, 0.15) is 93.6 Å². The highest BCUT2D eigenvalue weighted by Crippen LogP contribution is 2.41. The molecule has 2 fully saturated rings. The number of aliphatic imine (C=N–C) groups is 1. The summed E-state index contributed by atoms with van der Waals surface area (Å²) in [6, 6.07) is 11.6. The van der Waals surface area contributed by atoms with Gasteiger partial charge >= 0.3 is 5.97 Å². The van der Waals surface area contributed by atoms with Crippen LogP contribution in [0.2, 0.25) is 0 Å². The third-order valence-corrected chi connectivity index (χ3v) is 9.21. The Labute approximate surface area is 224 Å². The standard InChI is InChI=1S/C30H40N2O4S/c1-20-10-12-21(13-11-20)28(33)32(25-18-26(30(2,3)4)37-27(25)29(34)35)23-16-14-22(15-17-23)31-19-36-24-8-6-5-7-9-24/h5-9,18,20-21,23H,10-17,19H2,1-4H3,(H,34,35). The molecule has 6 nitrogen and oxygen atoms in total. The molecule has 0 saturated heterocycles. The number of ether oxygens (including phenoxy) is 1. The SMILES string of the molecule is CC1CCC(C(=O)N(c2cc(C(C)(C)C)sc2C(=O)O)C2CCC(=NCOc3ccccc3)CC2)CC1. The molecule has 7 heteroatoms. The summed E-state index contributed by atoms with van der Waals surface area (Å²) in [7, 11) is 0. The first kappa shape index (κ1) is 27.4. The number of carbonyl (C=O) groups excluding carboxylic acids is 1. The number of carboxylic acid groups (broad SMARTS) is 1. The zero-order chi connectivity index (χ0) is 26.6. The Balaban J connectivity index is 1.55. The van der Waals surface area contributed by atoms with Crippen LogP contribution in [0.15, 0.2) is 41.4 Å². The average molecular weight is 525 g/mol. The lowest BCUT2D eigenvalue weighted by Gasteiger charge is -2.38. The monoisotopic (exact) mass is 524 g/mol. The van der Waals surface area contributed by atoms with E-state index in [9.17, 15) is 14.7 Å². The van der Waals surface area contributed by atoms with E-state index in [2.05, 4.69) is 32.7 Å². The molecule has 1 aromatic carbocycles. The summed E-state index contributed by atoms with van der Waals surface area (Å²) >= 11 is 1.31. The maximum absolute atomic E-state index is 14.0. The molecule has 0 unspecified atom stereocenters. The molecule has 0 spiro atoms. The van der Waals surface area contributed by atoms with Crippen LogP contribution in [0.25, 0.3) is 0 Å². The van der Waals surface area contributed by atoms with Gasteiger partial charge in [-0.1, -0.05) is 45.9 Å². The molecule has 37 heavy (non-hydrogen) atoms. The van der Waals surface area contributed by atoms with Gasteiger partial charge in [-0.15, -0.1) is 11.3 Å². The molecule has 2 aliphatic carbocycles. The van der Waals surface area contributed by atoms with Gasteiger partial charge in [-0.2, -0.15) is 0 Å². The van der Waals surface area contributed by atoms with E-state index in [0.29, 0.717) is 11.6 Å². The minimum Gasteiger partial charge on any atom is -0.477 e. The van der Waals surface area contributed by atoms with E-state index < -0.39 is 5.97 Å². The average Bonchev–Trinajstić information content (AvgIpc) is 3.32. The molecular formula is C30H40N2O4S. The van der Waals surface area contributed by atoms with Gasteiger partial charge in [0, 0.05) is 22.5 Å². The van der Waals surface area contributed by atoms with Gasteiger partial charge in [-0.25, -0.2) is 4.79 Å². The number of hydrogen-bond acceptors (Lipinski definition) is 5. The number of rotatable bonds is 7. The van der Waals surface area contributed by atoms with E-state index in [4.69, 9.17) is 4.74 Å². The van der Waals surface area contributed by atoms with Crippen LogP contribution >= 0.6 is 11.3 Å². The van der Waals surface area contributed by atoms with Crippen molar-refractivity contribution in [3.05, 3.63) is 46.2 Å². The van der Waals surface area contributed by atoms with Crippen molar-refractivity contribution >= 4 is 34.6 Å². The molecule has 1 aromatic heterocycles. The first-order valence-electron chi connectivity index (χ1n) is 13.5. The van der Waals surface area contributed by atoms with Gasteiger partial charge in [0.15, 0.2) is 6.73 Å². The molecule has 2 saturated carbocycles. The minimum absolute atomic E-state index is 0.0265. The van der Waals surface area contributed by atoms with Crippen LogP contribution in [-0.4, -0.2) is 35.5 Å². The topological polar surface area (TPSA) is 79.2 Å². The van der Waals surface area contributed by atoms with Crippen molar-refractivity contribution < 1.29 is 19.4 Å². The predicted molar refractivity (Wildman–Crippen MR) is 150 cm³/mol. The van der Waals surface area contributed by atoms with Crippen molar-refractivity contribution in [3.8, 4) is 5.75 Å². The number of para-hydroxylation sites is 1. The Morgan fingerprint density at radius 3 is 2.30 bits per heavy atom. The lowest BCUT2D eigenvalue weighted by atomic mass is 9.81. The predicted octanol–water partition coefficient (Wildman–Crippen LogP) is 7.32. The van der Waals surface area contributed by atoms with Crippen LogP contribution < -0.4 is 9.64 Å². The fourth-order valence-corrected chi connectivity index (χ4v) is 6.39. The number of hydrogen-bond donors (Lipinski definition) is 1. The number of thiophene rings is 1. The van der Waals surface area contributed by atoms with Crippen LogP contribution in [0.3, 0.4) is 0 Å². The van der Waals surface area contributed by atoms with E-state index in [1.54, 1.807) is 0 Å². The van der Waals surface area contributed by atoms with Crippen molar-refractivity contribution in [1.82, 2.24) is 0 Å². The highest BCUT2D eigenvalue weighted by atomic mass is 32.1. The lowest BCUT2D eigenvalue weighted by Crippen LogP contribution is -2.46. The lowest BCUT2D eigenvalue weighted by molar-refractivity contribution is -0.124. The summed E-state index contributed by atoms with van der Waals surface area (Å²) in [4.78, 5) is 34.2. The molecule has 1 N–H and O–H groups in total. The highest BCUT2D eigenvalue weighted by molar-refractivity contribution is 7.14. The molecule has 2 aromatic rings. The summed E-state index contributed by atoms with van der Waals surface area (Å²) in [6.07, 6.45) is 6.99. The second kappa shape index (κ2) is 11.8. The Morgan fingerprint density at radius 2 is 1.70 bits per heavy atom. The number of amides is 1. The Hall–Kier alpha value is -2.67. The second-order valence-electron chi connectivity index (χ2n) is 11.6. The van der Waals surface area contributed by atoms with E-state index in [1.165, 1.54) is 11.3 Å². The minimum atomic E-state index is -0.957. The molecule has 200 valence electrons. The molecule has 1 amide bonds. The summed E-state index contributed by atoms with van der Waals surface area (Å²) in [5.41, 5.74) is 1.50. The van der Waals surface area contributed by atoms with Gasteiger partial charge in [-0.3, -0.25) is 9.79 Å². The first-order valence-corrected chi connectivity index (χ1v) is 14.4. The van der Waals surface area contributed by atoms with Gasteiger partial charge < -0.3 is 14.7 Å². The fraction of sp³-hybridized carbons (Fsp3) is 0.567. The molecule has 0 radical (unpaired) electrons. The van der Waals surface area contributed by atoms with E-state index in [1.807, 2.05) is 41.3 Å². The smallest absolute Gasteiger partial charge is 0.348 e. The molecule has 0 aliphatic heterocycles. The van der Waals surface area contributed by atoms with Crippen molar-refractivity contribution in [2.45, 2.75) is 90.5 Å². The summed E-state index contributed by atoms with van der Waals surface area (Å²) in [5, 5.41) is 10.1. The normalized spacial score (nSPS) is 22.4. The van der Waals surface area contributed by atoms with Gasteiger partial charge in [0.25, 0.3) is 0 Å². The van der Waals surface area contributed by atoms with Gasteiger partial charge in [0.05, 0.1) is 5.69 Å². The fourth-order valence-electron chi connectivity index (χ4n) is 5.35. The number of aromatic carboxylic acids is 1. The molecule has 2 aliphatic rings. The summed E-state index contributed by atoms with van der Waals surface area (Å²) < 4.78 is 5.74. The maximum Gasteiger partial charge on any atom is 0.348 e. The number of nitrogens with zero attached hydrogens (tertiary/aromatic N) is 2. The van der Waals surface area contributed by atoms with Gasteiger partial charge in [-0.05, 0) is 80.9 Å². The van der Waals surface area contributed by atoms with E-state index in [-0.39, 0.29) is 34.9 Å². The van der Waals surface area contributed by atoms with Crippen LogP contribution in [0, 0.1) is 11.8 Å². The second-order valence-corrected chi connectivity index (χ2v) is 12.6. The largest absolute Gasteiger partial charge is 0.477 e. The molecular weight excluding hydrogens is 484 g/mol. The first-order chi connectivity index (χ1) is 17.6. The van der Waals surface area contributed by atoms with Gasteiger partial charge in [0.2, 0.25) is 5.91 Å². The van der Waals surface area contributed by atoms with E-state index >= 15 is 0 Å². The third kappa shape index (κ3) is 6.81. The van der Waals surface area contributed by atoms with Crippen molar-refractivity contribution in [1.29, 1.82) is 0 Å². The number of carbonyl (C=O) groups is 2. The molecule has 4 rings (SSSR count). The molecule has 1 heterocycles. The van der Waals surface area contributed by atoms with E-state index in [0.717, 1.165) is 67.7 Å². The number of anilines is 1. The summed E-state index contributed by atoms with van der Waals surface area (Å²) in [5.74, 6) is 0.553. The molecule has 0 atom stereocenters. The highest BCUT2D eigenvalue weighted by Gasteiger charge is 2.37. The van der Waals surface area contributed by atoms with Crippen LogP contribution in [0.4, 0.5) is 5.69 Å². The quantitative estimate of drug-likeness (QED) is 0.411. The zero-order valence-electron chi connectivity index (χ0n) is 22.5. The Kier molecular flexibility index (Phi) is 8.73. The third-order valence-electron chi connectivity index (χ3n) is 7.67. The Bertz CT molecular complexity index is 1100. The number of carboxylic acids is 1. The zero-order valence-corrected chi connectivity index (χ0v) is 23.4. The van der Waals surface area contributed by atoms with Crippen molar-refractivity contribution in [2.75, 3.05) is 11.6 Å². The van der Waals surface area contributed by atoms with Crippen LogP contribution in [-0.2, 0) is 10.2 Å².